The van der Waals surface area contributed by atoms with Gasteiger partial charge >= 0.3 is 0 Å². The second kappa shape index (κ2) is 9.75. The Morgan fingerprint density at radius 3 is 2.07 bits per heavy atom. The fraction of sp³-hybridized carbons (Fsp3) is 0. The van der Waals surface area contributed by atoms with Gasteiger partial charge in [-0.25, -0.2) is 0 Å². The summed E-state index contributed by atoms with van der Waals surface area (Å²) >= 11 is 0. The van der Waals surface area contributed by atoms with E-state index in [9.17, 15) is 0 Å². The number of hydrogen-bond acceptors (Lipinski definition) is 2. The second-order valence-electron chi connectivity index (χ2n) is 5.85. The van der Waals surface area contributed by atoms with Gasteiger partial charge in [-0.3, -0.25) is 4.98 Å². The molecule has 3 aromatic heterocycles. The van der Waals surface area contributed by atoms with E-state index in [-0.39, 0.29) is 20.1 Å². The molecule has 0 aliphatic heterocycles. The van der Waals surface area contributed by atoms with Gasteiger partial charge in [-0.15, -0.1) is 71.8 Å². The van der Waals surface area contributed by atoms with E-state index in [4.69, 9.17) is 0 Å². The van der Waals surface area contributed by atoms with Crippen molar-refractivity contribution in [3.63, 3.8) is 0 Å². The van der Waals surface area contributed by atoms with Gasteiger partial charge in [0.2, 0.25) is 0 Å². The first kappa shape index (κ1) is 19.7. The van der Waals surface area contributed by atoms with Crippen LogP contribution >= 0.6 is 0 Å². The summed E-state index contributed by atoms with van der Waals surface area (Å²) in [4.78, 5) is 8.61. The van der Waals surface area contributed by atoms with E-state index in [1.54, 1.807) is 6.20 Å². The normalized spacial score (nSPS) is 9.86. The number of imidazole rings is 1. The van der Waals surface area contributed by atoms with E-state index < -0.39 is 0 Å². The molecule has 139 valence electrons. The van der Waals surface area contributed by atoms with Gasteiger partial charge < -0.3 is 9.38 Å². The van der Waals surface area contributed by atoms with Crippen LogP contribution in [0.4, 0.5) is 0 Å². The first-order chi connectivity index (χ1) is 13.4. The van der Waals surface area contributed by atoms with Gasteiger partial charge in [0.05, 0.1) is 6.33 Å². The van der Waals surface area contributed by atoms with Crippen LogP contribution in [-0.4, -0.2) is 14.4 Å². The summed E-state index contributed by atoms with van der Waals surface area (Å²) in [5.41, 5.74) is 5.14. The van der Waals surface area contributed by atoms with Crippen molar-refractivity contribution in [2.45, 2.75) is 0 Å². The number of rotatable bonds is 2. The Labute approximate surface area is 178 Å². The minimum absolute atomic E-state index is 0. The zero-order valence-electron chi connectivity index (χ0n) is 15.0. The summed E-state index contributed by atoms with van der Waals surface area (Å²) in [6.07, 6.45) is 5.61. The van der Waals surface area contributed by atoms with Gasteiger partial charge in [-0.1, -0.05) is 18.2 Å². The molecular formula is C24H17IrN3-2. The topological polar surface area (TPSA) is 30.2 Å². The van der Waals surface area contributed by atoms with Crippen molar-refractivity contribution in [1.82, 2.24) is 14.4 Å². The molecule has 0 aliphatic carbocycles. The molecule has 0 aliphatic rings. The number of pyridine rings is 2. The van der Waals surface area contributed by atoms with Crippen LogP contribution < -0.4 is 0 Å². The summed E-state index contributed by atoms with van der Waals surface area (Å²) in [6.45, 7) is 0. The van der Waals surface area contributed by atoms with E-state index in [0.29, 0.717) is 0 Å². The third-order valence-corrected chi connectivity index (χ3v) is 4.06. The summed E-state index contributed by atoms with van der Waals surface area (Å²) in [7, 11) is 0. The maximum absolute atomic E-state index is 4.40. The third kappa shape index (κ3) is 4.61. The molecule has 4 heteroatoms. The Hall–Kier alpha value is -3.07. The van der Waals surface area contributed by atoms with Crippen LogP contribution in [0.1, 0.15) is 0 Å². The smallest absolute Gasteiger partial charge is 0.0883 e. The molecule has 2 aromatic carbocycles. The van der Waals surface area contributed by atoms with Crippen molar-refractivity contribution >= 4 is 5.52 Å². The zero-order valence-corrected chi connectivity index (χ0v) is 17.4. The standard InChI is InChI=1S/C13H9N2.C11H8N.Ir/c1-2-6-11(7-3-1)13-12-8-4-5-9-15(12)10-14-13;1-2-6-10(7-3-1)11-8-4-5-9-12-11;/h1-6,8-10H;1-6,8-9H;/q2*-1;. The molecule has 0 atom stereocenters. The zero-order chi connectivity index (χ0) is 18.3. The van der Waals surface area contributed by atoms with E-state index in [1.807, 2.05) is 95.8 Å². The van der Waals surface area contributed by atoms with Crippen molar-refractivity contribution in [3.05, 3.63) is 116 Å². The van der Waals surface area contributed by atoms with Gasteiger partial charge in [0, 0.05) is 43.7 Å². The van der Waals surface area contributed by atoms with Crippen LogP contribution in [0.3, 0.4) is 0 Å². The Balaban J connectivity index is 0.000000159. The summed E-state index contributed by atoms with van der Waals surface area (Å²) < 4.78 is 2.01. The summed E-state index contributed by atoms with van der Waals surface area (Å²) in [5, 5.41) is 0. The molecule has 0 bridgehead atoms. The molecule has 5 aromatic rings. The predicted molar refractivity (Wildman–Crippen MR) is 108 cm³/mol. The Morgan fingerprint density at radius 1 is 0.679 bits per heavy atom. The van der Waals surface area contributed by atoms with Crippen molar-refractivity contribution in [1.29, 1.82) is 0 Å². The van der Waals surface area contributed by atoms with Crippen LogP contribution in [0.15, 0.2) is 104 Å². The average Bonchev–Trinajstić information content (AvgIpc) is 3.20. The number of hydrogen-bond donors (Lipinski definition) is 0. The molecule has 0 spiro atoms. The molecule has 0 unspecified atom stereocenters. The van der Waals surface area contributed by atoms with Crippen molar-refractivity contribution in [2.24, 2.45) is 0 Å². The van der Waals surface area contributed by atoms with Crippen molar-refractivity contribution < 1.29 is 20.1 Å². The molecule has 5 rings (SSSR count). The number of aromatic nitrogens is 3. The van der Waals surface area contributed by atoms with Gasteiger partial charge in [-0.05, 0) is 23.9 Å². The Morgan fingerprint density at radius 2 is 1.39 bits per heavy atom. The number of nitrogens with zero attached hydrogens (tertiary/aromatic N) is 3. The fourth-order valence-corrected chi connectivity index (χ4v) is 2.77. The molecule has 0 saturated heterocycles. The van der Waals surface area contributed by atoms with Gasteiger partial charge in [0.1, 0.15) is 0 Å². The summed E-state index contributed by atoms with van der Waals surface area (Å²) in [5.74, 6) is 0. The molecule has 1 radical (unpaired) electrons. The van der Waals surface area contributed by atoms with E-state index in [2.05, 4.69) is 28.2 Å². The molecule has 0 amide bonds. The first-order valence-corrected chi connectivity index (χ1v) is 8.69. The third-order valence-electron chi connectivity index (χ3n) is 4.06. The van der Waals surface area contributed by atoms with Gasteiger partial charge in [0.25, 0.3) is 0 Å². The van der Waals surface area contributed by atoms with Crippen molar-refractivity contribution in [3.8, 4) is 22.5 Å². The minimum atomic E-state index is 0. The fourth-order valence-electron chi connectivity index (χ4n) is 2.77. The Kier molecular flexibility index (Phi) is 6.85. The molecule has 0 N–H and O–H groups in total. The molecule has 28 heavy (non-hydrogen) atoms. The molecule has 3 heterocycles. The molecule has 0 saturated carbocycles. The van der Waals surface area contributed by atoms with Crippen LogP contribution in [-0.2, 0) is 20.1 Å². The molecule has 0 fully saturated rings. The van der Waals surface area contributed by atoms with Crippen LogP contribution in [0.2, 0.25) is 0 Å². The van der Waals surface area contributed by atoms with Crippen molar-refractivity contribution in [2.75, 3.05) is 0 Å². The maximum atomic E-state index is 4.40. The average molecular weight is 540 g/mol. The van der Waals surface area contributed by atoms with Crippen LogP contribution in [0, 0.1) is 12.1 Å². The minimum Gasteiger partial charge on any atom is -0.315 e. The quantitative estimate of drug-likeness (QED) is 0.283. The number of benzene rings is 2. The molecular weight excluding hydrogens is 523 g/mol. The largest absolute Gasteiger partial charge is 0.315 e. The van der Waals surface area contributed by atoms with Crippen LogP contribution in [0.5, 0.6) is 0 Å². The van der Waals surface area contributed by atoms with E-state index >= 15 is 0 Å². The predicted octanol–water partition coefficient (Wildman–Crippen LogP) is 5.35. The summed E-state index contributed by atoms with van der Waals surface area (Å²) in [6, 6.07) is 34.0. The SMILES string of the molecule is [Ir].[c-]1ccccc1-c1ccccn1.[c-]1ccccc1-c1ncn2ccccc12. The van der Waals surface area contributed by atoms with Gasteiger partial charge in [0.15, 0.2) is 0 Å². The molecule has 3 nitrogen and oxygen atoms in total. The van der Waals surface area contributed by atoms with E-state index in [1.165, 1.54) is 0 Å². The monoisotopic (exact) mass is 540 g/mol. The Bertz CT molecular complexity index is 1070. The number of fused-ring (bicyclic) bond motifs is 1. The maximum Gasteiger partial charge on any atom is 0.0883 e. The van der Waals surface area contributed by atoms with Crippen LogP contribution in [0.25, 0.3) is 28.0 Å². The first-order valence-electron chi connectivity index (χ1n) is 8.69. The van der Waals surface area contributed by atoms with Gasteiger partial charge in [-0.2, -0.15) is 0 Å². The second-order valence-corrected chi connectivity index (χ2v) is 5.85. The van der Waals surface area contributed by atoms with E-state index in [0.717, 1.165) is 28.0 Å².